The summed E-state index contributed by atoms with van der Waals surface area (Å²) in [5, 5.41) is 0.696. The number of para-hydroxylation sites is 1. The van der Waals surface area contributed by atoms with Crippen LogP contribution >= 0.6 is 8.03 Å². The summed E-state index contributed by atoms with van der Waals surface area (Å²) in [6.45, 7) is 5.63. The summed E-state index contributed by atoms with van der Waals surface area (Å²) in [7, 11) is -2.20. The topological polar surface area (TPSA) is 26.3 Å². The maximum Gasteiger partial charge on any atom is 0.266 e. The molecule has 1 aliphatic rings. The van der Waals surface area contributed by atoms with E-state index in [1.165, 1.54) is 0 Å². The zero-order valence-corrected chi connectivity index (χ0v) is 10.1. The van der Waals surface area contributed by atoms with E-state index in [0.29, 0.717) is 11.1 Å². The van der Waals surface area contributed by atoms with Crippen LogP contribution in [0, 0.1) is 0 Å². The highest BCUT2D eigenvalue weighted by molar-refractivity contribution is 7.45. The Balaban J connectivity index is 2.70. The second-order valence-corrected chi connectivity index (χ2v) is 4.73. The molecule has 1 atom stereocenters. The number of fused-ring (bicyclic) bond motifs is 1. The van der Waals surface area contributed by atoms with Crippen molar-refractivity contribution in [3.63, 3.8) is 0 Å². The van der Waals surface area contributed by atoms with E-state index in [1.807, 2.05) is 43.3 Å². The summed E-state index contributed by atoms with van der Waals surface area (Å²) in [6, 6.07) is 7.61. The molecule has 0 amide bonds. The van der Waals surface area contributed by atoms with Gasteiger partial charge < -0.3 is 4.52 Å². The molecule has 1 heterocycles. The molecule has 0 bridgehead atoms. The third-order valence-electron chi connectivity index (χ3n) is 2.43. The standard InChI is InChI=1S/C13H13O2P/c1-3-7-11-10-8-5-6-9-12(10)15-16(14)13(11)4-2/h3-9,16H,2H2,1H3/b7-3-. The molecule has 1 unspecified atom stereocenters. The van der Waals surface area contributed by atoms with Crippen molar-refractivity contribution in [3.8, 4) is 5.75 Å². The minimum atomic E-state index is -2.20. The molecule has 0 fully saturated rings. The van der Waals surface area contributed by atoms with Crippen molar-refractivity contribution < 1.29 is 9.09 Å². The summed E-state index contributed by atoms with van der Waals surface area (Å²) in [6.07, 6.45) is 5.49. The van der Waals surface area contributed by atoms with Crippen molar-refractivity contribution in [3.05, 3.63) is 60.0 Å². The highest BCUT2D eigenvalue weighted by Gasteiger charge is 2.21. The zero-order valence-electron chi connectivity index (χ0n) is 9.07. The van der Waals surface area contributed by atoms with Crippen LogP contribution in [0.3, 0.4) is 0 Å². The van der Waals surface area contributed by atoms with Crippen LogP contribution in [0.4, 0.5) is 0 Å². The van der Waals surface area contributed by atoms with E-state index in [2.05, 4.69) is 6.58 Å². The highest BCUT2D eigenvalue weighted by atomic mass is 31.1. The van der Waals surface area contributed by atoms with Gasteiger partial charge in [0.05, 0.1) is 5.31 Å². The second-order valence-electron chi connectivity index (χ2n) is 3.42. The van der Waals surface area contributed by atoms with Crippen molar-refractivity contribution in [2.24, 2.45) is 0 Å². The first kappa shape index (κ1) is 11.0. The van der Waals surface area contributed by atoms with E-state index < -0.39 is 8.03 Å². The van der Waals surface area contributed by atoms with Crippen LogP contribution in [0.2, 0.25) is 0 Å². The molecule has 0 saturated heterocycles. The lowest BCUT2D eigenvalue weighted by molar-refractivity contribution is 0.509. The van der Waals surface area contributed by atoms with Crippen LogP contribution in [0.1, 0.15) is 12.5 Å². The summed E-state index contributed by atoms with van der Waals surface area (Å²) in [5.41, 5.74) is 1.92. The third-order valence-corrected chi connectivity index (χ3v) is 3.75. The van der Waals surface area contributed by atoms with Crippen molar-refractivity contribution in [2.45, 2.75) is 6.92 Å². The van der Waals surface area contributed by atoms with Gasteiger partial charge in [-0.25, -0.2) is 0 Å². The van der Waals surface area contributed by atoms with Gasteiger partial charge in [-0.3, -0.25) is 4.57 Å². The molecule has 0 N–H and O–H groups in total. The molecule has 0 radical (unpaired) electrons. The van der Waals surface area contributed by atoms with Gasteiger partial charge >= 0.3 is 0 Å². The number of allylic oxidation sites excluding steroid dienone is 5. The molecular weight excluding hydrogens is 219 g/mol. The predicted octanol–water partition coefficient (Wildman–Crippen LogP) is 4.03. The van der Waals surface area contributed by atoms with E-state index in [1.54, 1.807) is 6.08 Å². The van der Waals surface area contributed by atoms with Crippen LogP contribution in [0.25, 0.3) is 5.57 Å². The Bertz CT molecular complexity index is 512. The van der Waals surface area contributed by atoms with E-state index >= 15 is 0 Å². The lowest BCUT2D eigenvalue weighted by Gasteiger charge is -2.20. The van der Waals surface area contributed by atoms with E-state index in [0.717, 1.165) is 11.1 Å². The minimum Gasteiger partial charge on any atom is -0.441 e. The first-order valence-electron chi connectivity index (χ1n) is 5.09. The molecule has 1 aromatic rings. The van der Waals surface area contributed by atoms with Gasteiger partial charge in [-0.1, -0.05) is 43.0 Å². The van der Waals surface area contributed by atoms with Gasteiger partial charge in [0, 0.05) is 5.56 Å². The van der Waals surface area contributed by atoms with Crippen LogP contribution in [0.5, 0.6) is 5.75 Å². The average molecular weight is 232 g/mol. The maximum atomic E-state index is 11.9. The van der Waals surface area contributed by atoms with Crippen molar-refractivity contribution in [1.82, 2.24) is 0 Å². The Morgan fingerprint density at radius 3 is 2.81 bits per heavy atom. The number of hydrogen-bond donors (Lipinski definition) is 0. The number of benzene rings is 1. The molecule has 1 aliphatic heterocycles. The highest BCUT2D eigenvalue weighted by Crippen LogP contribution is 2.48. The molecule has 0 aromatic heterocycles. The SMILES string of the molecule is C=CC1=C(/C=C\C)c2ccccc2O[PH]1=O. The molecule has 0 spiro atoms. The quantitative estimate of drug-likeness (QED) is 0.719. The molecule has 16 heavy (non-hydrogen) atoms. The van der Waals surface area contributed by atoms with Crippen molar-refractivity contribution in [2.75, 3.05) is 0 Å². The van der Waals surface area contributed by atoms with Gasteiger partial charge in [0.25, 0.3) is 8.03 Å². The van der Waals surface area contributed by atoms with Crippen LogP contribution in [-0.4, -0.2) is 0 Å². The summed E-state index contributed by atoms with van der Waals surface area (Å²) < 4.78 is 17.3. The van der Waals surface area contributed by atoms with Gasteiger partial charge in [-0.05, 0) is 18.6 Å². The van der Waals surface area contributed by atoms with Crippen LogP contribution in [0.15, 0.2) is 54.4 Å². The normalized spacial score (nSPS) is 19.4. The maximum absolute atomic E-state index is 11.9. The number of rotatable bonds is 2. The lowest BCUT2D eigenvalue weighted by Crippen LogP contribution is -1.97. The minimum absolute atomic E-state index is 0.685. The molecule has 2 nitrogen and oxygen atoms in total. The fraction of sp³-hybridized carbons (Fsp3) is 0.0769. The van der Waals surface area contributed by atoms with Gasteiger partial charge in [-0.15, -0.1) is 0 Å². The largest absolute Gasteiger partial charge is 0.441 e. The second kappa shape index (κ2) is 4.54. The Labute approximate surface area is 95.8 Å². The Kier molecular flexibility index (Phi) is 3.12. The van der Waals surface area contributed by atoms with E-state index in [9.17, 15) is 4.57 Å². The lowest BCUT2D eigenvalue weighted by atomic mass is 10.0. The van der Waals surface area contributed by atoms with E-state index in [4.69, 9.17) is 4.52 Å². The smallest absolute Gasteiger partial charge is 0.266 e. The number of hydrogen-bond acceptors (Lipinski definition) is 2. The summed E-state index contributed by atoms with van der Waals surface area (Å²) in [5.74, 6) is 0.685. The Morgan fingerprint density at radius 1 is 1.38 bits per heavy atom. The molecule has 2 rings (SSSR count). The molecule has 0 aliphatic carbocycles. The molecule has 1 aromatic carbocycles. The van der Waals surface area contributed by atoms with Crippen molar-refractivity contribution in [1.29, 1.82) is 0 Å². The first-order valence-corrected chi connectivity index (χ1v) is 6.40. The molecular formula is C13H13O2P. The average Bonchev–Trinajstić information content (AvgIpc) is 2.29. The molecule has 82 valence electrons. The Morgan fingerprint density at radius 2 is 2.12 bits per heavy atom. The van der Waals surface area contributed by atoms with Gasteiger partial charge in [-0.2, -0.15) is 0 Å². The summed E-state index contributed by atoms with van der Waals surface area (Å²) >= 11 is 0. The fourth-order valence-corrected chi connectivity index (χ4v) is 2.82. The van der Waals surface area contributed by atoms with Gasteiger partial charge in [0.1, 0.15) is 5.75 Å². The monoisotopic (exact) mass is 232 g/mol. The van der Waals surface area contributed by atoms with Crippen LogP contribution < -0.4 is 4.52 Å². The third kappa shape index (κ3) is 1.77. The van der Waals surface area contributed by atoms with Crippen LogP contribution in [-0.2, 0) is 4.57 Å². The first-order chi connectivity index (χ1) is 7.77. The van der Waals surface area contributed by atoms with Gasteiger partial charge in [0.15, 0.2) is 0 Å². The fourth-order valence-electron chi connectivity index (χ4n) is 1.73. The zero-order chi connectivity index (χ0) is 11.5. The van der Waals surface area contributed by atoms with Gasteiger partial charge in [0.2, 0.25) is 0 Å². The van der Waals surface area contributed by atoms with E-state index in [-0.39, 0.29) is 0 Å². The molecule has 3 heteroatoms. The summed E-state index contributed by atoms with van der Waals surface area (Å²) in [4.78, 5) is 0. The predicted molar refractivity (Wildman–Crippen MR) is 68.0 cm³/mol. The Hall–Kier alpha value is -1.53. The molecule has 0 saturated carbocycles. The van der Waals surface area contributed by atoms with Crippen molar-refractivity contribution >= 4 is 13.6 Å².